The second-order valence-electron chi connectivity index (χ2n) is 5.50. The van der Waals surface area contributed by atoms with Crippen LogP contribution >= 0.6 is 0 Å². The Hall–Kier alpha value is -1.06. The van der Waals surface area contributed by atoms with E-state index in [0.717, 1.165) is 25.7 Å². The number of carbonyl (C=O) groups is 2. The van der Waals surface area contributed by atoms with E-state index in [1.54, 1.807) is 0 Å². The molecule has 0 saturated heterocycles. The minimum atomic E-state index is -0.825. The zero-order valence-electron chi connectivity index (χ0n) is 11.6. The molecule has 0 bridgehead atoms. The minimum absolute atomic E-state index is 0.0701. The van der Waals surface area contributed by atoms with Gasteiger partial charge in [0.2, 0.25) is 5.91 Å². The smallest absolute Gasteiger partial charge is 0.307 e. The van der Waals surface area contributed by atoms with Gasteiger partial charge in [-0.05, 0) is 32.1 Å². The zero-order chi connectivity index (χ0) is 13.7. The third-order valence-corrected chi connectivity index (χ3v) is 4.00. The lowest BCUT2D eigenvalue weighted by atomic mass is 9.95. The molecule has 1 saturated carbocycles. The highest BCUT2D eigenvalue weighted by Crippen LogP contribution is 2.38. The molecule has 18 heavy (non-hydrogen) atoms. The molecule has 1 amide bonds. The molecule has 1 aliphatic rings. The van der Waals surface area contributed by atoms with Crippen molar-refractivity contribution in [3.63, 3.8) is 0 Å². The summed E-state index contributed by atoms with van der Waals surface area (Å²) in [5.41, 5.74) is 0. The Kier molecular flexibility index (Phi) is 5.63. The topological polar surface area (TPSA) is 66.4 Å². The molecule has 2 N–H and O–H groups in total. The minimum Gasteiger partial charge on any atom is -0.481 e. The number of carboxylic acid groups (broad SMARTS) is 1. The largest absolute Gasteiger partial charge is 0.481 e. The number of hydrogen-bond donors (Lipinski definition) is 2. The first kappa shape index (κ1) is 15.0. The van der Waals surface area contributed by atoms with Crippen LogP contribution in [0.25, 0.3) is 0 Å². The van der Waals surface area contributed by atoms with Crippen LogP contribution in [0.5, 0.6) is 0 Å². The molecule has 4 nitrogen and oxygen atoms in total. The fourth-order valence-electron chi connectivity index (χ4n) is 2.89. The van der Waals surface area contributed by atoms with Gasteiger partial charge in [-0.1, -0.05) is 26.7 Å². The maximum atomic E-state index is 12.1. The highest BCUT2D eigenvalue weighted by molar-refractivity contribution is 5.85. The molecule has 0 aromatic carbocycles. The van der Waals surface area contributed by atoms with E-state index >= 15 is 0 Å². The molecule has 2 unspecified atom stereocenters. The molecule has 0 aromatic heterocycles. The van der Waals surface area contributed by atoms with Crippen LogP contribution < -0.4 is 5.32 Å². The Balaban J connectivity index is 2.62. The maximum absolute atomic E-state index is 12.1. The third kappa shape index (κ3) is 3.72. The van der Waals surface area contributed by atoms with Gasteiger partial charge >= 0.3 is 5.97 Å². The molecule has 0 aromatic rings. The Morgan fingerprint density at radius 3 is 2.39 bits per heavy atom. The molecular weight excluding hydrogens is 230 g/mol. The summed E-state index contributed by atoms with van der Waals surface area (Å²) in [5.74, 6) is -1.35. The van der Waals surface area contributed by atoms with E-state index in [1.165, 1.54) is 0 Å². The number of hydrogen-bond acceptors (Lipinski definition) is 2. The van der Waals surface area contributed by atoms with Crippen molar-refractivity contribution < 1.29 is 14.7 Å². The average molecular weight is 255 g/mol. The fraction of sp³-hybridized carbons (Fsp3) is 0.857. The molecule has 104 valence electrons. The predicted octanol–water partition coefficient (Wildman–Crippen LogP) is 2.43. The van der Waals surface area contributed by atoms with E-state index in [9.17, 15) is 14.7 Å². The third-order valence-electron chi connectivity index (χ3n) is 4.00. The summed E-state index contributed by atoms with van der Waals surface area (Å²) < 4.78 is 0. The van der Waals surface area contributed by atoms with Crippen LogP contribution in [-0.2, 0) is 9.59 Å². The zero-order valence-corrected chi connectivity index (χ0v) is 11.6. The van der Waals surface area contributed by atoms with E-state index < -0.39 is 11.9 Å². The first-order valence-corrected chi connectivity index (χ1v) is 7.02. The van der Waals surface area contributed by atoms with Gasteiger partial charge in [0.15, 0.2) is 0 Å². The predicted molar refractivity (Wildman–Crippen MR) is 70.1 cm³/mol. The summed E-state index contributed by atoms with van der Waals surface area (Å²) in [4.78, 5) is 23.3. The van der Waals surface area contributed by atoms with Crippen molar-refractivity contribution in [1.29, 1.82) is 0 Å². The fourth-order valence-corrected chi connectivity index (χ4v) is 2.89. The number of aliphatic carboxylic acids is 1. The van der Waals surface area contributed by atoms with Crippen molar-refractivity contribution >= 4 is 11.9 Å². The molecular formula is C14H25NO3. The van der Waals surface area contributed by atoms with Crippen LogP contribution in [0.1, 0.15) is 52.9 Å². The first-order chi connectivity index (χ1) is 8.49. The number of carboxylic acids is 1. The van der Waals surface area contributed by atoms with Crippen molar-refractivity contribution in [2.75, 3.05) is 0 Å². The van der Waals surface area contributed by atoms with Crippen LogP contribution in [0.2, 0.25) is 0 Å². The SMILES string of the molecule is CCCC(C)NC(=O)[C@H]1CC(CC)C[C@H]1C(=O)O. The van der Waals surface area contributed by atoms with E-state index in [2.05, 4.69) is 19.2 Å². The standard InChI is InChI=1S/C14H25NO3/c1-4-6-9(3)15-13(16)11-7-10(5-2)8-12(11)14(17)18/h9-12H,4-8H2,1-3H3,(H,15,16)(H,17,18)/t9?,10?,11-,12+/m0/s1. The Bertz CT molecular complexity index is 303. The summed E-state index contributed by atoms with van der Waals surface area (Å²) in [6.07, 6.45) is 4.28. The highest BCUT2D eigenvalue weighted by atomic mass is 16.4. The van der Waals surface area contributed by atoms with Crippen molar-refractivity contribution in [3.05, 3.63) is 0 Å². The van der Waals surface area contributed by atoms with Crippen LogP contribution in [0.15, 0.2) is 0 Å². The Labute approximate surface area is 109 Å². The number of amides is 1. The lowest BCUT2D eigenvalue weighted by Gasteiger charge is -2.19. The van der Waals surface area contributed by atoms with Gasteiger partial charge in [-0.2, -0.15) is 0 Å². The van der Waals surface area contributed by atoms with Gasteiger partial charge in [0.05, 0.1) is 11.8 Å². The van der Waals surface area contributed by atoms with E-state index in [0.29, 0.717) is 12.3 Å². The van der Waals surface area contributed by atoms with Crippen molar-refractivity contribution in [2.24, 2.45) is 17.8 Å². The van der Waals surface area contributed by atoms with Gasteiger partial charge in [-0.15, -0.1) is 0 Å². The normalized spacial score (nSPS) is 28.9. The summed E-state index contributed by atoms with van der Waals surface area (Å²) in [5, 5.41) is 12.2. The molecule has 1 rings (SSSR count). The summed E-state index contributed by atoms with van der Waals surface area (Å²) in [6, 6.07) is 0.137. The van der Waals surface area contributed by atoms with Crippen LogP contribution in [-0.4, -0.2) is 23.0 Å². The average Bonchev–Trinajstić information content (AvgIpc) is 2.73. The molecule has 4 heteroatoms. The molecule has 1 fully saturated rings. The van der Waals surface area contributed by atoms with Crippen molar-refractivity contribution in [2.45, 2.75) is 58.9 Å². The van der Waals surface area contributed by atoms with Gasteiger partial charge in [0, 0.05) is 6.04 Å². The molecule has 0 heterocycles. The molecule has 0 spiro atoms. The van der Waals surface area contributed by atoms with Crippen LogP contribution in [0.3, 0.4) is 0 Å². The van der Waals surface area contributed by atoms with Gasteiger partial charge in [-0.25, -0.2) is 0 Å². The number of carbonyl (C=O) groups excluding carboxylic acids is 1. The highest BCUT2D eigenvalue weighted by Gasteiger charge is 2.42. The molecule has 1 aliphatic carbocycles. The van der Waals surface area contributed by atoms with Crippen LogP contribution in [0.4, 0.5) is 0 Å². The summed E-state index contributed by atoms with van der Waals surface area (Å²) in [7, 11) is 0. The summed E-state index contributed by atoms with van der Waals surface area (Å²) in [6.45, 7) is 6.11. The second kappa shape index (κ2) is 6.76. The number of nitrogens with one attached hydrogen (secondary N) is 1. The quantitative estimate of drug-likeness (QED) is 0.766. The van der Waals surface area contributed by atoms with Crippen molar-refractivity contribution in [3.8, 4) is 0 Å². The van der Waals surface area contributed by atoms with Gasteiger partial charge in [-0.3, -0.25) is 9.59 Å². The van der Waals surface area contributed by atoms with Gasteiger partial charge in [0.1, 0.15) is 0 Å². The van der Waals surface area contributed by atoms with E-state index in [4.69, 9.17) is 0 Å². The number of rotatable bonds is 6. The maximum Gasteiger partial charge on any atom is 0.307 e. The Morgan fingerprint density at radius 1 is 1.28 bits per heavy atom. The molecule has 4 atom stereocenters. The molecule has 0 aliphatic heterocycles. The molecule has 0 radical (unpaired) electrons. The van der Waals surface area contributed by atoms with Crippen LogP contribution in [0, 0.1) is 17.8 Å². The summed E-state index contributed by atoms with van der Waals surface area (Å²) >= 11 is 0. The van der Waals surface area contributed by atoms with Crippen molar-refractivity contribution in [1.82, 2.24) is 5.32 Å². The van der Waals surface area contributed by atoms with Gasteiger partial charge < -0.3 is 10.4 Å². The van der Waals surface area contributed by atoms with Gasteiger partial charge in [0.25, 0.3) is 0 Å². The lowest BCUT2D eigenvalue weighted by Crippen LogP contribution is -2.40. The lowest BCUT2D eigenvalue weighted by molar-refractivity contribution is -0.146. The van der Waals surface area contributed by atoms with E-state index in [-0.39, 0.29) is 17.9 Å². The Morgan fingerprint density at radius 2 is 1.89 bits per heavy atom. The van der Waals surface area contributed by atoms with E-state index in [1.807, 2.05) is 6.92 Å². The first-order valence-electron chi connectivity index (χ1n) is 7.02. The second-order valence-corrected chi connectivity index (χ2v) is 5.50. The monoisotopic (exact) mass is 255 g/mol.